The lowest BCUT2D eigenvalue weighted by Gasteiger charge is -2.17. The van der Waals surface area contributed by atoms with Gasteiger partial charge in [-0.15, -0.1) is 0 Å². The maximum Gasteiger partial charge on any atom is 0.280 e. The van der Waals surface area contributed by atoms with E-state index in [1.165, 1.54) is 30.3 Å². The van der Waals surface area contributed by atoms with E-state index in [4.69, 9.17) is 15.6 Å². The molecule has 3 aromatic rings. The van der Waals surface area contributed by atoms with E-state index in [1.807, 2.05) is 0 Å². The van der Waals surface area contributed by atoms with Gasteiger partial charge in [-0.3, -0.25) is 4.98 Å². The van der Waals surface area contributed by atoms with E-state index < -0.39 is 30.6 Å². The minimum atomic E-state index is -2.81. The fraction of sp³-hybridized carbons (Fsp3) is 0.250. The Labute approximate surface area is 170 Å². The average Bonchev–Trinajstić information content (AvgIpc) is 2.71. The molecule has 2 aromatic heterocycles. The summed E-state index contributed by atoms with van der Waals surface area (Å²) < 4.78 is 45.6. The molecular weight excluding hydrogens is 401 g/mol. The molecule has 0 aliphatic heterocycles. The van der Waals surface area contributed by atoms with Crippen molar-refractivity contribution in [2.24, 2.45) is 0 Å². The number of benzene rings is 1. The molecule has 0 bridgehead atoms. The van der Waals surface area contributed by atoms with Crippen LogP contribution in [0, 0.1) is 12.7 Å². The summed E-state index contributed by atoms with van der Waals surface area (Å²) in [4.78, 5) is 12.1. The highest BCUT2D eigenvalue weighted by molar-refractivity contribution is 5.85. The normalized spacial score (nSPS) is 12.2. The molecule has 0 saturated heterocycles. The second-order valence-corrected chi connectivity index (χ2v) is 6.49. The minimum absolute atomic E-state index is 0.0832. The summed E-state index contributed by atoms with van der Waals surface area (Å²) in [7, 11) is 0. The predicted octanol–water partition coefficient (Wildman–Crippen LogP) is 2.90. The standard InChI is InChI=1S/C20H19F3N4O3/c1-10-6-12(7-15(25-10)18(22)23)16-17(11-2-4-13(21)5-3-11)26-20(24)27-19(16)30-9-14(29)8-28/h2-7,14,18,28-29H,8-9H2,1H3,(H2,24,26,27). The van der Waals surface area contributed by atoms with Gasteiger partial charge >= 0.3 is 0 Å². The number of aryl methyl sites for hydroxylation is 1. The van der Waals surface area contributed by atoms with Gasteiger partial charge in [0.15, 0.2) is 0 Å². The number of ether oxygens (including phenoxy) is 1. The molecule has 0 aliphatic carbocycles. The van der Waals surface area contributed by atoms with Gasteiger partial charge in [-0.25, -0.2) is 18.2 Å². The van der Waals surface area contributed by atoms with Crippen molar-refractivity contribution < 1.29 is 28.1 Å². The number of hydrogen-bond donors (Lipinski definition) is 3. The highest BCUT2D eigenvalue weighted by Crippen LogP contribution is 2.39. The second-order valence-electron chi connectivity index (χ2n) is 6.49. The number of aliphatic hydroxyl groups excluding tert-OH is 2. The van der Waals surface area contributed by atoms with E-state index in [1.54, 1.807) is 13.0 Å². The molecule has 1 unspecified atom stereocenters. The van der Waals surface area contributed by atoms with Crippen LogP contribution < -0.4 is 10.5 Å². The van der Waals surface area contributed by atoms with Crippen molar-refractivity contribution in [2.45, 2.75) is 19.5 Å². The van der Waals surface area contributed by atoms with Crippen LogP contribution in [-0.2, 0) is 0 Å². The molecule has 2 heterocycles. The third kappa shape index (κ3) is 4.84. The zero-order valence-electron chi connectivity index (χ0n) is 15.9. The lowest BCUT2D eigenvalue weighted by atomic mass is 9.99. The molecule has 0 spiro atoms. The summed E-state index contributed by atoms with van der Waals surface area (Å²) >= 11 is 0. The molecule has 10 heteroatoms. The molecule has 158 valence electrons. The van der Waals surface area contributed by atoms with E-state index in [0.717, 1.165) is 0 Å². The van der Waals surface area contributed by atoms with E-state index in [-0.39, 0.29) is 35.3 Å². The first-order valence-corrected chi connectivity index (χ1v) is 8.90. The average molecular weight is 420 g/mol. The molecular formula is C20H19F3N4O3. The van der Waals surface area contributed by atoms with Gasteiger partial charge in [-0.1, -0.05) is 0 Å². The van der Waals surface area contributed by atoms with Crippen molar-refractivity contribution in [3.63, 3.8) is 0 Å². The number of anilines is 1. The van der Waals surface area contributed by atoms with Crippen LogP contribution in [-0.4, -0.2) is 44.5 Å². The number of nitrogen functional groups attached to an aromatic ring is 1. The molecule has 4 N–H and O–H groups in total. The van der Waals surface area contributed by atoms with E-state index in [2.05, 4.69) is 15.0 Å². The summed E-state index contributed by atoms with van der Waals surface area (Å²) in [5.74, 6) is -0.726. The van der Waals surface area contributed by atoms with Gasteiger partial charge < -0.3 is 20.7 Å². The highest BCUT2D eigenvalue weighted by Gasteiger charge is 2.22. The largest absolute Gasteiger partial charge is 0.474 e. The van der Waals surface area contributed by atoms with Gasteiger partial charge in [0.25, 0.3) is 6.43 Å². The monoisotopic (exact) mass is 420 g/mol. The summed E-state index contributed by atoms with van der Waals surface area (Å²) in [6.45, 7) is 0.681. The Hall–Kier alpha value is -3.24. The third-order valence-electron chi connectivity index (χ3n) is 4.12. The molecule has 1 atom stereocenters. The van der Waals surface area contributed by atoms with Gasteiger partial charge in [0.2, 0.25) is 11.8 Å². The van der Waals surface area contributed by atoms with Crippen molar-refractivity contribution >= 4 is 5.95 Å². The molecule has 1 aromatic carbocycles. The van der Waals surface area contributed by atoms with Gasteiger partial charge in [0, 0.05) is 11.3 Å². The van der Waals surface area contributed by atoms with Gasteiger partial charge in [0.1, 0.15) is 24.2 Å². The Balaban J connectivity index is 2.25. The van der Waals surface area contributed by atoms with E-state index >= 15 is 0 Å². The zero-order valence-corrected chi connectivity index (χ0v) is 15.9. The first-order valence-electron chi connectivity index (χ1n) is 8.90. The maximum atomic E-state index is 13.4. The number of nitrogens with two attached hydrogens (primary N) is 1. The van der Waals surface area contributed by atoms with Crippen molar-refractivity contribution in [3.8, 4) is 28.3 Å². The van der Waals surface area contributed by atoms with Gasteiger partial charge in [0.05, 0.1) is 17.9 Å². The Morgan fingerprint density at radius 1 is 1.07 bits per heavy atom. The Bertz CT molecular complexity index is 1030. The molecule has 0 fully saturated rings. The number of hydrogen-bond acceptors (Lipinski definition) is 7. The molecule has 30 heavy (non-hydrogen) atoms. The number of aliphatic hydroxyl groups is 2. The molecule has 0 radical (unpaired) electrons. The fourth-order valence-corrected chi connectivity index (χ4v) is 2.82. The number of alkyl halides is 2. The zero-order chi connectivity index (χ0) is 21.8. The molecule has 0 saturated carbocycles. The van der Waals surface area contributed by atoms with Crippen LogP contribution in [0.15, 0.2) is 36.4 Å². The molecule has 7 nitrogen and oxygen atoms in total. The molecule has 0 aliphatic rings. The minimum Gasteiger partial charge on any atom is -0.474 e. The van der Waals surface area contributed by atoms with Crippen molar-refractivity contribution in [1.82, 2.24) is 15.0 Å². The van der Waals surface area contributed by atoms with Crippen molar-refractivity contribution in [3.05, 3.63) is 53.6 Å². The first kappa shape index (κ1) is 21.5. The van der Waals surface area contributed by atoms with Crippen LogP contribution in [0.4, 0.5) is 19.1 Å². The van der Waals surface area contributed by atoms with Crippen LogP contribution in [0.5, 0.6) is 5.88 Å². The van der Waals surface area contributed by atoms with Crippen LogP contribution >= 0.6 is 0 Å². The van der Waals surface area contributed by atoms with Crippen LogP contribution in [0.2, 0.25) is 0 Å². The summed E-state index contributed by atoms with van der Waals surface area (Å²) in [6, 6.07) is 8.06. The van der Waals surface area contributed by atoms with Crippen molar-refractivity contribution in [2.75, 3.05) is 18.9 Å². The third-order valence-corrected chi connectivity index (χ3v) is 4.12. The second kappa shape index (κ2) is 9.06. The van der Waals surface area contributed by atoms with E-state index in [0.29, 0.717) is 11.3 Å². The molecule has 3 rings (SSSR count). The van der Waals surface area contributed by atoms with Gasteiger partial charge in [-0.2, -0.15) is 4.98 Å². The first-order chi connectivity index (χ1) is 14.3. The Morgan fingerprint density at radius 2 is 1.77 bits per heavy atom. The van der Waals surface area contributed by atoms with E-state index in [9.17, 15) is 18.3 Å². The Kier molecular flexibility index (Phi) is 6.48. The Morgan fingerprint density at radius 3 is 2.40 bits per heavy atom. The quantitative estimate of drug-likeness (QED) is 0.538. The summed E-state index contributed by atoms with van der Waals surface area (Å²) in [5, 5.41) is 18.7. The summed E-state index contributed by atoms with van der Waals surface area (Å²) in [6.07, 6.45) is -4.01. The molecule has 0 amide bonds. The lowest BCUT2D eigenvalue weighted by Crippen LogP contribution is -2.22. The van der Waals surface area contributed by atoms with Crippen LogP contribution in [0.25, 0.3) is 22.4 Å². The van der Waals surface area contributed by atoms with Gasteiger partial charge in [-0.05, 0) is 48.9 Å². The van der Waals surface area contributed by atoms with Crippen LogP contribution in [0.1, 0.15) is 17.8 Å². The number of aromatic nitrogens is 3. The smallest absolute Gasteiger partial charge is 0.280 e. The predicted molar refractivity (Wildman–Crippen MR) is 103 cm³/mol. The number of rotatable bonds is 7. The SMILES string of the molecule is Cc1cc(-c2c(OCC(O)CO)nc(N)nc2-c2ccc(F)cc2)cc(C(F)F)n1. The topological polar surface area (TPSA) is 114 Å². The lowest BCUT2D eigenvalue weighted by molar-refractivity contribution is 0.0523. The fourth-order valence-electron chi connectivity index (χ4n) is 2.82. The van der Waals surface area contributed by atoms with Crippen LogP contribution in [0.3, 0.4) is 0 Å². The van der Waals surface area contributed by atoms with Crippen molar-refractivity contribution in [1.29, 1.82) is 0 Å². The number of nitrogens with zero attached hydrogens (tertiary/aromatic N) is 3. The summed E-state index contributed by atoms with van der Waals surface area (Å²) in [5.41, 5.74) is 6.84. The number of halogens is 3. The maximum absolute atomic E-state index is 13.4. The highest BCUT2D eigenvalue weighted by atomic mass is 19.3. The number of pyridine rings is 1.